The molecule has 0 aliphatic heterocycles. The third-order valence-electron chi connectivity index (χ3n) is 2.87. The first-order valence-corrected chi connectivity index (χ1v) is 6.30. The van der Waals surface area contributed by atoms with Crippen LogP contribution < -0.4 is 10.1 Å². The first-order valence-electron chi connectivity index (χ1n) is 6.30. The molecule has 2 N–H and O–H groups in total. The summed E-state index contributed by atoms with van der Waals surface area (Å²) in [6.45, 7) is 7.48. The van der Waals surface area contributed by atoms with Crippen LogP contribution in [0.5, 0.6) is 11.5 Å². The van der Waals surface area contributed by atoms with E-state index in [2.05, 4.69) is 5.32 Å². The first kappa shape index (κ1) is 14.8. The van der Waals surface area contributed by atoms with Crippen LogP contribution in [-0.2, 0) is 4.74 Å². The zero-order valence-electron chi connectivity index (χ0n) is 11.6. The third kappa shape index (κ3) is 4.20. The molecule has 18 heavy (non-hydrogen) atoms. The van der Waals surface area contributed by atoms with Crippen molar-refractivity contribution in [1.82, 2.24) is 5.32 Å². The molecule has 4 heteroatoms. The predicted octanol–water partition coefficient (Wildman–Crippen LogP) is 2.48. The standard InChI is InChI=1S/C14H23NO3/c1-5-18-10(2)9-15-11(3)13-7-6-12(17-4)8-14(13)16/h6-8,10-11,15-16H,5,9H2,1-4H3. The van der Waals surface area contributed by atoms with Crippen LogP contribution in [-0.4, -0.2) is 31.5 Å². The second-order valence-electron chi connectivity index (χ2n) is 4.32. The lowest BCUT2D eigenvalue weighted by atomic mass is 10.1. The van der Waals surface area contributed by atoms with Crippen molar-refractivity contribution in [1.29, 1.82) is 0 Å². The van der Waals surface area contributed by atoms with Gasteiger partial charge in [-0.1, -0.05) is 6.07 Å². The number of hydrogen-bond acceptors (Lipinski definition) is 4. The van der Waals surface area contributed by atoms with Gasteiger partial charge < -0.3 is 19.9 Å². The second kappa shape index (κ2) is 7.24. The fourth-order valence-electron chi connectivity index (χ4n) is 1.81. The van der Waals surface area contributed by atoms with Crippen LogP contribution in [0.25, 0.3) is 0 Å². The minimum atomic E-state index is 0.0683. The Kier molecular flexibility index (Phi) is 5.95. The zero-order chi connectivity index (χ0) is 13.5. The van der Waals surface area contributed by atoms with Crippen LogP contribution in [0.15, 0.2) is 18.2 Å². The summed E-state index contributed by atoms with van der Waals surface area (Å²) in [6.07, 6.45) is 0.165. The Bertz CT molecular complexity index is 368. The van der Waals surface area contributed by atoms with Crippen molar-refractivity contribution in [2.24, 2.45) is 0 Å². The maximum Gasteiger partial charge on any atom is 0.124 e. The topological polar surface area (TPSA) is 50.7 Å². The maximum atomic E-state index is 9.91. The number of nitrogens with one attached hydrogen (secondary N) is 1. The maximum absolute atomic E-state index is 9.91. The fourth-order valence-corrected chi connectivity index (χ4v) is 1.81. The molecule has 0 saturated heterocycles. The molecule has 0 radical (unpaired) electrons. The van der Waals surface area contributed by atoms with Crippen molar-refractivity contribution in [3.05, 3.63) is 23.8 Å². The molecule has 1 aromatic carbocycles. The number of phenols is 1. The van der Waals surface area contributed by atoms with E-state index < -0.39 is 0 Å². The Hall–Kier alpha value is -1.26. The SMILES string of the molecule is CCOC(C)CNC(C)c1ccc(OC)cc1O. The van der Waals surface area contributed by atoms with Gasteiger partial charge in [-0.25, -0.2) is 0 Å². The normalized spacial score (nSPS) is 14.2. The van der Waals surface area contributed by atoms with Crippen LogP contribution in [0, 0.1) is 0 Å². The summed E-state index contributed by atoms with van der Waals surface area (Å²) >= 11 is 0. The molecule has 0 amide bonds. The Morgan fingerprint density at radius 1 is 1.33 bits per heavy atom. The number of rotatable bonds is 7. The summed E-state index contributed by atoms with van der Waals surface area (Å²) < 4.78 is 10.5. The lowest BCUT2D eigenvalue weighted by molar-refractivity contribution is 0.0743. The van der Waals surface area contributed by atoms with Gasteiger partial charge in [0.05, 0.1) is 13.2 Å². The van der Waals surface area contributed by atoms with E-state index in [1.54, 1.807) is 13.2 Å². The van der Waals surface area contributed by atoms with Gasteiger partial charge in [0.15, 0.2) is 0 Å². The van der Waals surface area contributed by atoms with Gasteiger partial charge in [0.2, 0.25) is 0 Å². The highest BCUT2D eigenvalue weighted by molar-refractivity contribution is 5.41. The summed E-state index contributed by atoms with van der Waals surface area (Å²) in [5, 5.41) is 13.2. The van der Waals surface area contributed by atoms with Crippen molar-refractivity contribution >= 4 is 0 Å². The van der Waals surface area contributed by atoms with Gasteiger partial charge in [0.1, 0.15) is 11.5 Å². The number of benzene rings is 1. The first-order chi connectivity index (χ1) is 8.58. The zero-order valence-corrected chi connectivity index (χ0v) is 11.6. The Morgan fingerprint density at radius 3 is 2.61 bits per heavy atom. The molecule has 4 nitrogen and oxygen atoms in total. The number of ether oxygens (including phenoxy) is 2. The minimum Gasteiger partial charge on any atom is -0.507 e. The highest BCUT2D eigenvalue weighted by Crippen LogP contribution is 2.28. The Morgan fingerprint density at radius 2 is 2.06 bits per heavy atom. The molecule has 0 aliphatic carbocycles. The molecular formula is C14H23NO3. The lowest BCUT2D eigenvalue weighted by Gasteiger charge is -2.19. The van der Waals surface area contributed by atoms with Crippen LogP contribution in [0.1, 0.15) is 32.4 Å². The van der Waals surface area contributed by atoms with E-state index in [4.69, 9.17) is 9.47 Å². The molecule has 0 spiro atoms. The summed E-state index contributed by atoms with van der Waals surface area (Å²) in [6, 6.07) is 5.41. The van der Waals surface area contributed by atoms with Crippen molar-refractivity contribution in [2.75, 3.05) is 20.3 Å². The second-order valence-corrected chi connectivity index (χ2v) is 4.32. The summed E-state index contributed by atoms with van der Waals surface area (Å²) in [5.41, 5.74) is 0.861. The van der Waals surface area contributed by atoms with E-state index >= 15 is 0 Å². The van der Waals surface area contributed by atoms with Crippen molar-refractivity contribution in [3.8, 4) is 11.5 Å². The van der Waals surface area contributed by atoms with Crippen molar-refractivity contribution in [2.45, 2.75) is 32.9 Å². The molecule has 0 aromatic heterocycles. The molecule has 102 valence electrons. The molecule has 0 heterocycles. The number of phenolic OH excluding ortho intramolecular Hbond substituents is 1. The van der Waals surface area contributed by atoms with Gasteiger partial charge in [-0.2, -0.15) is 0 Å². The fraction of sp³-hybridized carbons (Fsp3) is 0.571. The van der Waals surface area contributed by atoms with Crippen LogP contribution in [0.3, 0.4) is 0 Å². The molecule has 2 atom stereocenters. The van der Waals surface area contributed by atoms with Crippen LogP contribution >= 0.6 is 0 Å². The van der Waals surface area contributed by atoms with Crippen LogP contribution in [0.2, 0.25) is 0 Å². The third-order valence-corrected chi connectivity index (χ3v) is 2.87. The predicted molar refractivity (Wildman–Crippen MR) is 72.2 cm³/mol. The molecular weight excluding hydrogens is 230 g/mol. The molecule has 2 unspecified atom stereocenters. The largest absolute Gasteiger partial charge is 0.507 e. The van der Waals surface area contributed by atoms with Crippen LogP contribution in [0.4, 0.5) is 0 Å². The van der Waals surface area contributed by atoms with E-state index in [9.17, 15) is 5.11 Å². The quantitative estimate of drug-likeness (QED) is 0.784. The summed E-state index contributed by atoms with van der Waals surface area (Å²) in [5.74, 6) is 0.907. The Balaban J connectivity index is 2.58. The highest BCUT2D eigenvalue weighted by Gasteiger charge is 2.12. The van der Waals surface area contributed by atoms with E-state index in [1.807, 2.05) is 32.9 Å². The molecule has 0 fully saturated rings. The number of methoxy groups -OCH3 is 1. The van der Waals surface area contributed by atoms with Gasteiger partial charge >= 0.3 is 0 Å². The molecule has 0 aliphatic rings. The minimum absolute atomic E-state index is 0.0683. The summed E-state index contributed by atoms with van der Waals surface area (Å²) in [4.78, 5) is 0. The van der Waals surface area contributed by atoms with Crippen molar-refractivity contribution in [3.63, 3.8) is 0 Å². The molecule has 0 saturated carbocycles. The molecule has 1 aromatic rings. The van der Waals surface area contributed by atoms with E-state index in [0.717, 1.165) is 12.1 Å². The summed E-state index contributed by atoms with van der Waals surface area (Å²) in [7, 11) is 1.58. The molecule has 1 rings (SSSR count). The van der Waals surface area contributed by atoms with E-state index in [0.29, 0.717) is 12.4 Å². The number of hydrogen-bond donors (Lipinski definition) is 2. The van der Waals surface area contributed by atoms with Gasteiger partial charge in [-0.3, -0.25) is 0 Å². The smallest absolute Gasteiger partial charge is 0.124 e. The lowest BCUT2D eigenvalue weighted by Crippen LogP contribution is -2.29. The van der Waals surface area contributed by atoms with Gasteiger partial charge in [-0.05, 0) is 26.8 Å². The average Bonchev–Trinajstić information content (AvgIpc) is 2.36. The van der Waals surface area contributed by atoms with Gasteiger partial charge in [0.25, 0.3) is 0 Å². The van der Waals surface area contributed by atoms with E-state index in [-0.39, 0.29) is 17.9 Å². The molecule has 0 bridgehead atoms. The monoisotopic (exact) mass is 253 g/mol. The highest BCUT2D eigenvalue weighted by atomic mass is 16.5. The van der Waals surface area contributed by atoms with E-state index in [1.165, 1.54) is 0 Å². The average molecular weight is 253 g/mol. The number of aromatic hydroxyl groups is 1. The Labute approximate surface area is 109 Å². The van der Waals surface area contributed by atoms with Gasteiger partial charge in [0, 0.05) is 30.8 Å². The van der Waals surface area contributed by atoms with Gasteiger partial charge in [-0.15, -0.1) is 0 Å². The van der Waals surface area contributed by atoms with Crippen molar-refractivity contribution < 1.29 is 14.6 Å².